The van der Waals surface area contributed by atoms with Gasteiger partial charge in [0.15, 0.2) is 0 Å². The van der Waals surface area contributed by atoms with Crippen molar-refractivity contribution in [1.82, 2.24) is 4.72 Å². The van der Waals surface area contributed by atoms with Gasteiger partial charge in [-0.2, -0.15) is 13.2 Å². The minimum Gasteiger partial charge on any atom is -0.481 e. The van der Waals surface area contributed by atoms with E-state index in [-0.39, 0.29) is 12.8 Å². The van der Waals surface area contributed by atoms with Crippen LogP contribution in [-0.2, 0) is 37.4 Å². The molecule has 1 aliphatic heterocycles. The number of carboxylic acid groups (broad SMARTS) is 2. The summed E-state index contributed by atoms with van der Waals surface area (Å²) in [6.45, 7) is 0.535. The van der Waals surface area contributed by atoms with E-state index in [0.29, 0.717) is 12.1 Å². The minimum absolute atomic E-state index is 0.0107. The highest BCUT2D eigenvalue weighted by atomic mass is 32.2. The van der Waals surface area contributed by atoms with Gasteiger partial charge in [-0.1, -0.05) is 36.4 Å². The van der Waals surface area contributed by atoms with Crippen molar-refractivity contribution in [2.75, 3.05) is 5.32 Å². The lowest BCUT2D eigenvalue weighted by molar-refractivity contribution is -0.192. The van der Waals surface area contributed by atoms with Crippen LogP contribution in [0.5, 0.6) is 0 Å². The average molecular weight is 488 g/mol. The Hall–Kier alpha value is -3.61. The molecule has 0 aliphatic carbocycles. The first-order chi connectivity index (χ1) is 15.3. The Morgan fingerprint density at radius 1 is 1.00 bits per heavy atom. The summed E-state index contributed by atoms with van der Waals surface area (Å²) in [5.41, 5.74) is 3.13. The Bertz CT molecular complexity index is 1120. The highest BCUT2D eigenvalue weighted by Crippen LogP contribution is 2.30. The maximum absolute atomic E-state index is 11.9. The van der Waals surface area contributed by atoms with Gasteiger partial charge >= 0.3 is 18.1 Å². The standard InChI is InChI=1S/C18H18N2O5S.C2HF3O2/c21-17-10-16(26(24,25)20-17)14-5-1-13(2-6-14)11-19-15-7-3-12(4-8-15)9-18(22)23;3-2(4,5)1(6)7/h1-8,16,19H,9-11H2,(H,20,21)(H,22,23);(H,6,7). The van der Waals surface area contributed by atoms with Crippen molar-refractivity contribution in [3.8, 4) is 0 Å². The molecule has 2 aromatic carbocycles. The first-order valence-electron chi connectivity index (χ1n) is 9.26. The van der Waals surface area contributed by atoms with Gasteiger partial charge in [-0.25, -0.2) is 13.2 Å². The van der Waals surface area contributed by atoms with Crippen LogP contribution in [0.2, 0.25) is 0 Å². The Morgan fingerprint density at radius 2 is 1.52 bits per heavy atom. The third-order valence-corrected chi connectivity index (χ3v) is 6.10. The summed E-state index contributed by atoms with van der Waals surface area (Å²) in [6, 6.07) is 14.2. The number of anilines is 1. The van der Waals surface area contributed by atoms with Crippen molar-refractivity contribution in [1.29, 1.82) is 0 Å². The number of carbonyl (C=O) groups is 3. The number of benzene rings is 2. The first kappa shape index (κ1) is 25.6. The fraction of sp³-hybridized carbons (Fsp3) is 0.250. The molecule has 1 heterocycles. The molecule has 0 bridgehead atoms. The van der Waals surface area contributed by atoms with Crippen LogP contribution in [0, 0.1) is 0 Å². The third-order valence-electron chi connectivity index (χ3n) is 4.40. The predicted molar refractivity (Wildman–Crippen MR) is 110 cm³/mol. The SMILES string of the molecule is O=C(O)C(F)(F)F.O=C(O)Cc1ccc(NCc2ccc(C3CC(=O)NS3(=O)=O)cc2)cc1. The van der Waals surface area contributed by atoms with Crippen molar-refractivity contribution in [2.24, 2.45) is 0 Å². The molecule has 33 heavy (non-hydrogen) atoms. The number of carboxylic acids is 2. The molecule has 0 spiro atoms. The van der Waals surface area contributed by atoms with Gasteiger partial charge in [0, 0.05) is 12.2 Å². The maximum atomic E-state index is 11.9. The van der Waals surface area contributed by atoms with Crippen LogP contribution < -0.4 is 10.0 Å². The highest BCUT2D eigenvalue weighted by Gasteiger charge is 2.38. The summed E-state index contributed by atoms with van der Waals surface area (Å²) < 4.78 is 57.5. The monoisotopic (exact) mass is 488 g/mol. The fourth-order valence-electron chi connectivity index (χ4n) is 2.82. The van der Waals surface area contributed by atoms with Crippen molar-refractivity contribution in [2.45, 2.75) is 30.8 Å². The Kier molecular flexibility index (Phi) is 8.03. The Balaban J connectivity index is 0.000000479. The van der Waals surface area contributed by atoms with Crippen LogP contribution in [0.15, 0.2) is 48.5 Å². The molecule has 0 saturated carbocycles. The van der Waals surface area contributed by atoms with Crippen molar-refractivity contribution >= 4 is 33.6 Å². The van der Waals surface area contributed by atoms with Gasteiger partial charge in [0.05, 0.1) is 12.8 Å². The summed E-state index contributed by atoms with van der Waals surface area (Å²) in [5, 5.41) is 18.3. The van der Waals surface area contributed by atoms with Crippen LogP contribution in [0.3, 0.4) is 0 Å². The summed E-state index contributed by atoms with van der Waals surface area (Å²) in [4.78, 5) is 30.9. The zero-order chi connectivity index (χ0) is 24.8. The normalized spacial score (nSPS) is 16.8. The number of halogens is 3. The number of hydrogen-bond acceptors (Lipinski definition) is 6. The summed E-state index contributed by atoms with van der Waals surface area (Å²) in [5.74, 6) is -4.11. The lowest BCUT2D eigenvalue weighted by Crippen LogP contribution is -2.21. The van der Waals surface area contributed by atoms with E-state index in [2.05, 4.69) is 5.32 Å². The van der Waals surface area contributed by atoms with E-state index in [1.165, 1.54) is 0 Å². The van der Waals surface area contributed by atoms with E-state index in [9.17, 15) is 31.2 Å². The number of rotatable bonds is 6. The molecule has 13 heteroatoms. The predicted octanol–water partition coefficient (Wildman–Crippen LogP) is 2.45. The lowest BCUT2D eigenvalue weighted by Gasteiger charge is -2.10. The second kappa shape index (κ2) is 10.3. The van der Waals surface area contributed by atoms with Gasteiger partial charge in [0.1, 0.15) is 5.25 Å². The zero-order valence-electron chi connectivity index (χ0n) is 16.8. The van der Waals surface area contributed by atoms with Gasteiger partial charge in [0.25, 0.3) is 0 Å². The summed E-state index contributed by atoms with van der Waals surface area (Å²) >= 11 is 0. The van der Waals surface area contributed by atoms with Crippen LogP contribution in [0.1, 0.15) is 28.4 Å². The van der Waals surface area contributed by atoms with Crippen LogP contribution in [0.25, 0.3) is 0 Å². The van der Waals surface area contributed by atoms with Crippen LogP contribution >= 0.6 is 0 Å². The largest absolute Gasteiger partial charge is 0.490 e. The van der Waals surface area contributed by atoms with Crippen molar-refractivity contribution in [3.05, 3.63) is 65.2 Å². The molecule has 178 valence electrons. The third kappa shape index (κ3) is 7.79. The quantitative estimate of drug-likeness (QED) is 0.484. The first-order valence-corrected chi connectivity index (χ1v) is 10.8. The molecule has 2 aromatic rings. The second-order valence-electron chi connectivity index (χ2n) is 6.93. The molecule has 4 N–H and O–H groups in total. The molecule has 1 fully saturated rings. The molecule has 9 nitrogen and oxygen atoms in total. The smallest absolute Gasteiger partial charge is 0.481 e. The summed E-state index contributed by atoms with van der Waals surface area (Å²) in [7, 11) is -3.63. The van der Waals surface area contributed by atoms with Crippen molar-refractivity contribution in [3.63, 3.8) is 0 Å². The molecule has 1 amide bonds. The molecule has 1 saturated heterocycles. The van der Waals surface area contributed by atoms with E-state index >= 15 is 0 Å². The molecule has 1 aliphatic rings. The van der Waals surface area contributed by atoms with Gasteiger partial charge in [-0.05, 0) is 28.8 Å². The number of sulfonamides is 1. The number of aliphatic carboxylic acids is 2. The van der Waals surface area contributed by atoms with E-state index in [1.54, 1.807) is 24.3 Å². The molecule has 0 radical (unpaired) electrons. The highest BCUT2D eigenvalue weighted by molar-refractivity contribution is 7.90. The molecule has 3 rings (SSSR count). The minimum atomic E-state index is -5.08. The van der Waals surface area contributed by atoms with E-state index in [1.807, 2.05) is 29.0 Å². The average Bonchev–Trinajstić information content (AvgIpc) is 2.99. The number of alkyl halides is 3. The Labute approximate surface area is 186 Å². The molecular weight excluding hydrogens is 469 g/mol. The molecule has 0 aromatic heterocycles. The van der Waals surface area contributed by atoms with E-state index in [4.69, 9.17) is 15.0 Å². The Morgan fingerprint density at radius 3 is 1.94 bits per heavy atom. The van der Waals surface area contributed by atoms with E-state index < -0.39 is 39.3 Å². The van der Waals surface area contributed by atoms with Crippen molar-refractivity contribution < 1.29 is 46.2 Å². The van der Waals surface area contributed by atoms with Crippen LogP contribution in [0.4, 0.5) is 18.9 Å². The molecular formula is C20H19F3N2O7S. The van der Waals surface area contributed by atoms with Gasteiger partial charge in [-0.3, -0.25) is 14.3 Å². The number of nitrogens with one attached hydrogen (secondary N) is 2. The molecule has 1 atom stereocenters. The van der Waals surface area contributed by atoms with Gasteiger partial charge in [-0.15, -0.1) is 0 Å². The van der Waals surface area contributed by atoms with Crippen LogP contribution in [-0.4, -0.2) is 42.7 Å². The topological polar surface area (TPSA) is 150 Å². The zero-order valence-corrected chi connectivity index (χ0v) is 17.6. The van der Waals surface area contributed by atoms with Gasteiger partial charge < -0.3 is 15.5 Å². The van der Waals surface area contributed by atoms with Gasteiger partial charge in [0.2, 0.25) is 15.9 Å². The number of amides is 1. The van der Waals surface area contributed by atoms with E-state index in [0.717, 1.165) is 16.8 Å². The lowest BCUT2D eigenvalue weighted by atomic mass is 10.1. The summed E-state index contributed by atoms with van der Waals surface area (Å²) in [6.07, 6.45) is -5.15. The maximum Gasteiger partial charge on any atom is 0.490 e. The fourth-order valence-corrected chi connectivity index (χ4v) is 4.25. The number of carbonyl (C=O) groups excluding carboxylic acids is 1. The molecule has 1 unspecified atom stereocenters. The second-order valence-corrected chi connectivity index (χ2v) is 8.79. The number of hydrogen-bond donors (Lipinski definition) is 4.